The molecule has 0 aliphatic rings. The molecular formula is C9H18O4. The predicted molar refractivity (Wildman–Crippen MR) is 48.2 cm³/mol. The minimum Gasteiger partial charge on any atom is -0.465 e. The van der Waals surface area contributed by atoms with Gasteiger partial charge in [-0.15, -0.1) is 0 Å². The Hall–Kier alpha value is -0.610. The molecule has 0 fully saturated rings. The third-order valence-electron chi connectivity index (χ3n) is 1.79. The molecule has 1 unspecified atom stereocenters. The van der Waals surface area contributed by atoms with E-state index in [9.17, 15) is 4.79 Å². The molecule has 0 saturated carbocycles. The van der Waals surface area contributed by atoms with E-state index >= 15 is 0 Å². The van der Waals surface area contributed by atoms with Crippen molar-refractivity contribution in [2.24, 2.45) is 5.92 Å². The van der Waals surface area contributed by atoms with E-state index in [4.69, 9.17) is 9.99 Å². The summed E-state index contributed by atoms with van der Waals surface area (Å²) in [5, 5.41) is 8.06. The molecule has 0 radical (unpaired) electrons. The van der Waals surface area contributed by atoms with Crippen molar-refractivity contribution in [2.75, 3.05) is 13.2 Å². The van der Waals surface area contributed by atoms with Crippen LogP contribution >= 0.6 is 0 Å². The minimum absolute atomic E-state index is 0.171. The quantitative estimate of drug-likeness (QED) is 0.288. The van der Waals surface area contributed by atoms with Crippen LogP contribution in [0.5, 0.6) is 0 Å². The monoisotopic (exact) mass is 190 g/mol. The van der Waals surface area contributed by atoms with Crippen molar-refractivity contribution in [3.63, 3.8) is 0 Å². The Balaban J connectivity index is 3.45. The first-order valence-corrected chi connectivity index (χ1v) is 4.65. The van der Waals surface area contributed by atoms with E-state index < -0.39 is 0 Å². The third kappa shape index (κ3) is 6.54. The molecule has 13 heavy (non-hydrogen) atoms. The van der Waals surface area contributed by atoms with Crippen LogP contribution in [0.15, 0.2) is 0 Å². The lowest BCUT2D eigenvalue weighted by molar-refractivity contribution is -0.244. The largest absolute Gasteiger partial charge is 0.465 e. The third-order valence-corrected chi connectivity index (χ3v) is 1.79. The Bertz CT molecular complexity index is 136. The zero-order chi connectivity index (χ0) is 10.1. The fraction of sp³-hybridized carbons (Fsp3) is 0.889. The lowest BCUT2D eigenvalue weighted by atomic mass is 10.1. The van der Waals surface area contributed by atoms with Crippen molar-refractivity contribution < 1.29 is 19.7 Å². The van der Waals surface area contributed by atoms with Crippen molar-refractivity contribution >= 4 is 5.97 Å². The summed E-state index contributed by atoms with van der Waals surface area (Å²) in [6.45, 7) is 4.45. The summed E-state index contributed by atoms with van der Waals surface area (Å²) in [7, 11) is 0. The first-order valence-electron chi connectivity index (χ1n) is 4.65. The summed E-state index contributed by atoms with van der Waals surface area (Å²) >= 11 is 0. The highest BCUT2D eigenvalue weighted by Crippen LogP contribution is 2.04. The molecule has 0 aliphatic carbocycles. The van der Waals surface area contributed by atoms with E-state index in [1.165, 1.54) is 0 Å². The highest BCUT2D eigenvalue weighted by atomic mass is 17.1. The van der Waals surface area contributed by atoms with Gasteiger partial charge in [0.15, 0.2) is 0 Å². The maximum atomic E-state index is 11.2. The molecule has 0 amide bonds. The van der Waals surface area contributed by atoms with E-state index in [0.717, 1.165) is 12.8 Å². The van der Waals surface area contributed by atoms with Gasteiger partial charge >= 0.3 is 5.97 Å². The minimum atomic E-state index is -0.217. The van der Waals surface area contributed by atoms with Crippen LogP contribution in [0.4, 0.5) is 0 Å². The molecular weight excluding hydrogens is 172 g/mol. The molecule has 0 aromatic rings. The molecule has 1 atom stereocenters. The highest BCUT2D eigenvalue weighted by Gasteiger charge is 2.13. The molecule has 4 nitrogen and oxygen atoms in total. The van der Waals surface area contributed by atoms with Crippen molar-refractivity contribution in [2.45, 2.75) is 33.1 Å². The molecule has 0 aromatic heterocycles. The summed E-state index contributed by atoms with van der Waals surface area (Å²) in [4.78, 5) is 15.0. The molecule has 4 heteroatoms. The van der Waals surface area contributed by atoms with Crippen LogP contribution in [0.2, 0.25) is 0 Å². The number of unbranched alkanes of at least 4 members (excludes halogenated alkanes) is 1. The van der Waals surface area contributed by atoms with Gasteiger partial charge in [0.2, 0.25) is 0 Å². The number of ether oxygens (including phenoxy) is 1. The zero-order valence-electron chi connectivity index (χ0n) is 8.28. The summed E-state index contributed by atoms with van der Waals surface area (Å²) in [5.74, 6) is -0.422. The van der Waals surface area contributed by atoms with Crippen LogP contribution in [-0.4, -0.2) is 24.4 Å². The standard InChI is InChI=1S/C9H18O4/c1-3-4-6-12-9(10)8(2)5-7-13-11/h8,11H,3-7H2,1-2H3. The first-order chi connectivity index (χ1) is 6.22. The van der Waals surface area contributed by atoms with Crippen LogP contribution in [-0.2, 0) is 14.4 Å². The smallest absolute Gasteiger partial charge is 0.308 e. The van der Waals surface area contributed by atoms with Crippen LogP contribution in [0.3, 0.4) is 0 Å². The SMILES string of the molecule is CCCCOC(=O)C(C)CCOO. The zero-order valence-corrected chi connectivity index (χ0v) is 8.28. The Morgan fingerprint density at radius 3 is 2.69 bits per heavy atom. The predicted octanol–water partition coefficient (Wildman–Crippen LogP) is 1.85. The van der Waals surface area contributed by atoms with Crippen LogP contribution in [0.1, 0.15) is 33.1 Å². The van der Waals surface area contributed by atoms with Gasteiger partial charge in [0.05, 0.1) is 19.1 Å². The van der Waals surface area contributed by atoms with Crippen molar-refractivity contribution in [1.82, 2.24) is 0 Å². The van der Waals surface area contributed by atoms with E-state index in [2.05, 4.69) is 4.89 Å². The summed E-state index contributed by atoms with van der Waals surface area (Å²) in [6, 6.07) is 0. The van der Waals surface area contributed by atoms with E-state index in [0.29, 0.717) is 13.0 Å². The number of carbonyl (C=O) groups excluding carboxylic acids is 1. The number of carbonyl (C=O) groups is 1. The van der Waals surface area contributed by atoms with Gasteiger partial charge in [-0.3, -0.25) is 10.1 Å². The Morgan fingerprint density at radius 1 is 1.46 bits per heavy atom. The molecule has 78 valence electrons. The second-order valence-corrected chi connectivity index (χ2v) is 3.04. The molecule has 0 heterocycles. The highest BCUT2D eigenvalue weighted by molar-refractivity contribution is 5.71. The van der Waals surface area contributed by atoms with Crippen molar-refractivity contribution in [3.8, 4) is 0 Å². The van der Waals surface area contributed by atoms with Gasteiger partial charge < -0.3 is 4.74 Å². The topological polar surface area (TPSA) is 55.8 Å². The molecule has 0 aromatic carbocycles. The molecule has 0 spiro atoms. The van der Waals surface area contributed by atoms with Gasteiger partial charge in [-0.25, -0.2) is 4.89 Å². The molecule has 0 rings (SSSR count). The van der Waals surface area contributed by atoms with Gasteiger partial charge in [0.25, 0.3) is 0 Å². The van der Waals surface area contributed by atoms with Gasteiger partial charge in [-0.1, -0.05) is 20.3 Å². The fourth-order valence-corrected chi connectivity index (χ4v) is 0.807. The van der Waals surface area contributed by atoms with Crippen molar-refractivity contribution in [1.29, 1.82) is 0 Å². The van der Waals surface area contributed by atoms with Crippen LogP contribution in [0, 0.1) is 5.92 Å². The van der Waals surface area contributed by atoms with Crippen LogP contribution in [0.25, 0.3) is 0 Å². The van der Waals surface area contributed by atoms with Gasteiger partial charge in [-0.2, -0.15) is 0 Å². The fourth-order valence-electron chi connectivity index (χ4n) is 0.807. The number of hydrogen-bond donors (Lipinski definition) is 1. The second kappa shape index (κ2) is 8.01. The van der Waals surface area contributed by atoms with E-state index in [1.54, 1.807) is 6.92 Å². The summed E-state index contributed by atoms with van der Waals surface area (Å²) < 4.78 is 4.97. The summed E-state index contributed by atoms with van der Waals surface area (Å²) in [6.07, 6.45) is 2.40. The van der Waals surface area contributed by atoms with E-state index in [1.807, 2.05) is 6.92 Å². The summed E-state index contributed by atoms with van der Waals surface area (Å²) in [5.41, 5.74) is 0. The van der Waals surface area contributed by atoms with Crippen molar-refractivity contribution in [3.05, 3.63) is 0 Å². The Morgan fingerprint density at radius 2 is 2.15 bits per heavy atom. The Kier molecular flexibility index (Phi) is 7.63. The maximum absolute atomic E-state index is 11.2. The maximum Gasteiger partial charge on any atom is 0.308 e. The first kappa shape index (κ1) is 12.4. The van der Waals surface area contributed by atoms with E-state index in [-0.39, 0.29) is 18.5 Å². The van der Waals surface area contributed by atoms with Gasteiger partial charge in [0, 0.05) is 0 Å². The lowest BCUT2D eigenvalue weighted by Crippen LogP contribution is -2.17. The van der Waals surface area contributed by atoms with Crippen LogP contribution < -0.4 is 0 Å². The second-order valence-electron chi connectivity index (χ2n) is 3.04. The number of esters is 1. The normalized spacial score (nSPS) is 12.5. The molecule has 0 bridgehead atoms. The molecule has 0 aliphatic heterocycles. The molecule has 1 N–H and O–H groups in total. The number of rotatable bonds is 7. The number of hydrogen-bond acceptors (Lipinski definition) is 4. The van der Waals surface area contributed by atoms with Gasteiger partial charge in [-0.05, 0) is 12.8 Å². The average Bonchev–Trinajstić information content (AvgIpc) is 2.14. The Labute approximate surface area is 78.8 Å². The average molecular weight is 190 g/mol. The molecule has 0 saturated heterocycles. The lowest BCUT2D eigenvalue weighted by Gasteiger charge is -2.09. The van der Waals surface area contributed by atoms with Gasteiger partial charge in [0.1, 0.15) is 0 Å².